The summed E-state index contributed by atoms with van der Waals surface area (Å²) in [5.74, 6) is 2.53. The van der Waals surface area contributed by atoms with Gasteiger partial charge in [-0.3, -0.25) is 4.90 Å². The number of rotatable bonds is 4. The van der Waals surface area contributed by atoms with E-state index in [9.17, 15) is 0 Å². The van der Waals surface area contributed by atoms with E-state index in [0.29, 0.717) is 6.04 Å². The number of nitrogens with two attached hydrogens (primary N) is 1. The Labute approximate surface area is 121 Å². The molecule has 2 rings (SSSR count). The summed E-state index contributed by atoms with van der Waals surface area (Å²) in [6.45, 7) is 8.95. The highest BCUT2D eigenvalue weighted by molar-refractivity contribution is 7.99. The number of benzene rings is 1. The van der Waals surface area contributed by atoms with Gasteiger partial charge in [-0.25, -0.2) is 0 Å². The van der Waals surface area contributed by atoms with Crippen LogP contribution in [-0.4, -0.2) is 35.5 Å². The Bertz CT molecular complexity index is 399. The molecule has 1 aliphatic heterocycles. The molecule has 106 valence electrons. The zero-order valence-corrected chi connectivity index (χ0v) is 13.2. The second-order valence-corrected chi connectivity index (χ2v) is 6.93. The van der Waals surface area contributed by atoms with Gasteiger partial charge in [-0.1, -0.05) is 29.3 Å². The summed E-state index contributed by atoms with van der Waals surface area (Å²) >= 11 is 2.07. The maximum Gasteiger partial charge on any atom is 0.0307 e. The van der Waals surface area contributed by atoms with E-state index in [1.165, 1.54) is 34.7 Å². The zero-order chi connectivity index (χ0) is 13.8. The molecule has 0 aliphatic carbocycles. The minimum Gasteiger partial charge on any atom is -0.324 e. The predicted molar refractivity (Wildman–Crippen MR) is 85.8 cm³/mol. The van der Waals surface area contributed by atoms with Gasteiger partial charge < -0.3 is 5.73 Å². The van der Waals surface area contributed by atoms with E-state index in [-0.39, 0.29) is 6.04 Å². The minimum atomic E-state index is 0.167. The summed E-state index contributed by atoms with van der Waals surface area (Å²) in [4.78, 5) is 2.58. The summed E-state index contributed by atoms with van der Waals surface area (Å²) < 4.78 is 0. The highest BCUT2D eigenvalue weighted by Crippen LogP contribution is 2.21. The first-order chi connectivity index (χ1) is 9.06. The molecule has 0 spiro atoms. The Morgan fingerprint density at radius 3 is 2.63 bits per heavy atom. The average molecular weight is 278 g/mol. The predicted octanol–water partition coefficient (Wildman–Crippen LogP) is 3.13. The molecule has 2 N–H and O–H groups in total. The highest BCUT2D eigenvalue weighted by Gasteiger charge is 2.19. The SMILES string of the molecule is Cc1cc(C)cc(C(N)CCN2CCSCC2C)c1. The lowest BCUT2D eigenvalue weighted by atomic mass is 9.99. The Morgan fingerprint density at radius 2 is 2.00 bits per heavy atom. The Morgan fingerprint density at radius 1 is 1.32 bits per heavy atom. The third-order valence-electron chi connectivity index (χ3n) is 3.90. The molecular formula is C16H26N2S. The number of aryl methyl sites for hydroxylation is 2. The van der Waals surface area contributed by atoms with Crippen LogP contribution in [0, 0.1) is 13.8 Å². The van der Waals surface area contributed by atoms with Crippen molar-refractivity contribution in [3.63, 3.8) is 0 Å². The van der Waals surface area contributed by atoms with Gasteiger partial charge >= 0.3 is 0 Å². The van der Waals surface area contributed by atoms with Crippen molar-refractivity contribution in [3.05, 3.63) is 34.9 Å². The molecule has 0 amide bonds. The molecule has 2 unspecified atom stereocenters. The lowest BCUT2D eigenvalue weighted by molar-refractivity contribution is 0.224. The molecule has 3 heteroatoms. The molecular weight excluding hydrogens is 252 g/mol. The van der Waals surface area contributed by atoms with Crippen LogP contribution >= 0.6 is 11.8 Å². The van der Waals surface area contributed by atoms with Gasteiger partial charge in [0.05, 0.1) is 0 Å². The summed E-state index contributed by atoms with van der Waals surface area (Å²) in [6, 6.07) is 7.53. The van der Waals surface area contributed by atoms with Gasteiger partial charge in [0.25, 0.3) is 0 Å². The fraction of sp³-hybridized carbons (Fsp3) is 0.625. The van der Waals surface area contributed by atoms with Gasteiger partial charge in [0.15, 0.2) is 0 Å². The summed E-state index contributed by atoms with van der Waals surface area (Å²) in [6.07, 6.45) is 1.05. The first-order valence-corrected chi connectivity index (χ1v) is 8.37. The second-order valence-electron chi connectivity index (χ2n) is 5.78. The Hall–Kier alpha value is -0.510. The average Bonchev–Trinajstić information content (AvgIpc) is 2.36. The molecule has 1 aromatic carbocycles. The van der Waals surface area contributed by atoms with Crippen LogP contribution < -0.4 is 5.73 Å². The van der Waals surface area contributed by atoms with Crippen molar-refractivity contribution >= 4 is 11.8 Å². The number of nitrogens with zero attached hydrogens (tertiary/aromatic N) is 1. The second kappa shape index (κ2) is 6.78. The van der Waals surface area contributed by atoms with Crippen molar-refractivity contribution < 1.29 is 0 Å². The molecule has 0 aromatic heterocycles. The third-order valence-corrected chi connectivity index (χ3v) is 5.09. The molecule has 1 heterocycles. The van der Waals surface area contributed by atoms with Crippen LogP contribution in [-0.2, 0) is 0 Å². The Kier molecular flexibility index (Phi) is 5.31. The topological polar surface area (TPSA) is 29.3 Å². The van der Waals surface area contributed by atoms with Gasteiger partial charge in [0, 0.05) is 36.7 Å². The molecule has 1 saturated heterocycles. The minimum absolute atomic E-state index is 0.167. The summed E-state index contributed by atoms with van der Waals surface area (Å²) in [5, 5.41) is 0. The van der Waals surface area contributed by atoms with Gasteiger partial charge in [-0.05, 0) is 32.8 Å². The van der Waals surface area contributed by atoms with E-state index >= 15 is 0 Å². The number of hydrogen-bond acceptors (Lipinski definition) is 3. The molecule has 0 bridgehead atoms. The first-order valence-electron chi connectivity index (χ1n) is 7.22. The van der Waals surface area contributed by atoms with Crippen molar-refractivity contribution in [1.82, 2.24) is 4.90 Å². The van der Waals surface area contributed by atoms with Crippen LogP contribution in [0.1, 0.15) is 36.1 Å². The highest BCUT2D eigenvalue weighted by atomic mass is 32.2. The van der Waals surface area contributed by atoms with Crippen LogP contribution in [0.4, 0.5) is 0 Å². The quantitative estimate of drug-likeness (QED) is 0.917. The monoisotopic (exact) mass is 278 g/mol. The molecule has 2 atom stereocenters. The Balaban J connectivity index is 1.91. The maximum atomic E-state index is 6.36. The first kappa shape index (κ1) is 14.9. The van der Waals surface area contributed by atoms with Crippen LogP contribution in [0.3, 0.4) is 0 Å². The van der Waals surface area contributed by atoms with Gasteiger partial charge in [0.2, 0.25) is 0 Å². The molecule has 1 aliphatic rings. The van der Waals surface area contributed by atoms with E-state index in [0.717, 1.165) is 13.0 Å². The molecule has 2 nitrogen and oxygen atoms in total. The van der Waals surface area contributed by atoms with E-state index < -0.39 is 0 Å². The van der Waals surface area contributed by atoms with Crippen molar-refractivity contribution in [3.8, 4) is 0 Å². The van der Waals surface area contributed by atoms with Gasteiger partial charge in [-0.15, -0.1) is 0 Å². The smallest absolute Gasteiger partial charge is 0.0307 e. The fourth-order valence-corrected chi connectivity index (χ4v) is 3.87. The van der Waals surface area contributed by atoms with Crippen molar-refractivity contribution in [2.75, 3.05) is 24.6 Å². The number of thioether (sulfide) groups is 1. The van der Waals surface area contributed by atoms with Crippen LogP contribution in [0.15, 0.2) is 18.2 Å². The maximum absolute atomic E-state index is 6.36. The largest absolute Gasteiger partial charge is 0.324 e. The van der Waals surface area contributed by atoms with E-state index in [1.807, 2.05) is 0 Å². The summed E-state index contributed by atoms with van der Waals surface area (Å²) in [5.41, 5.74) is 10.3. The summed E-state index contributed by atoms with van der Waals surface area (Å²) in [7, 11) is 0. The van der Waals surface area contributed by atoms with E-state index in [1.54, 1.807) is 0 Å². The van der Waals surface area contributed by atoms with Crippen molar-refractivity contribution in [2.24, 2.45) is 5.73 Å². The van der Waals surface area contributed by atoms with Gasteiger partial charge in [-0.2, -0.15) is 11.8 Å². The van der Waals surface area contributed by atoms with E-state index in [2.05, 4.69) is 55.6 Å². The van der Waals surface area contributed by atoms with Gasteiger partial charge in [0.1, 0.15) is 0 Å². The molecule has 0 saturated carbocycles. The normalized spacial score (nSPS) is 22.4. The lowest BCUT2D eigenvalue weighted by Gasteiger charge is -2.33. The fourth-order valence-electron chi connectivity index (χ4n) is 2.79. The van der Waals surface area contributed by atoms with Crippen molar-refractivity contribution in [2.45, 2.75) is 39.3 Å². The zero-order valence-electron chi connectivity index (χ0n) is 12.4. The lowest BCUT2D eigenvalue weighted by Crippen LogP contribution is -2.41. The molecule has 0 radical (unpaired) electrons. The van der Waals surface area contributed by atoms with Crippen LogP contribution in [0.2, 0.25) is 0 Å². The molecule has 1 fully saturated rings. The van der Waals surface area contributed by atoms with Crippen molar-refractivity contribution in [1.29, 1.82) is 0 Å². The van der Waals surface area contributed by atoms with E-state index in [4.69, 9.17) is 5.73 Å². The molecule has 1 aromatic rings. The molecule has 19 heavy (non-hydrogen) atoms. The standard InChI is InChI=1S/C16H26N2S/c1-12-8-13(2)10-15(9-12)16(17)4-5-18-6-7-19-11-14(18)3/h8-10,14,16H,4-7,11,17H2,1-3H3. The van der Waals surface area contributed by atoms with Crippen LogP contribution in [0.5, 0.6) is 0 Å². The third kappa shape index (κ3) is 4.23. The number of hydrogen-bond donors (Lipinski definition) is 1. The van der Waals surface area contributed by atoms with Crippen LogP contribution in [0.25, 0.3) is 0 Å².